The Morgan fingerprint density at radius 3 is 2.95 bits per heavy atom. The summed E-state index contributed by atoms with van der Waals surface area (Å²) >= 11 is 1.64. The Kier molecular flexibility index (Phi) is 3.11. The molecule has 2 atom stereocenters. The molecular formula is C16H13N3O2S. The van der Waals surface area contributed by atoms with Crippen molar-refractivity contribution in [3.05, 3.63) is 59.9 Å². The van der Waals surface area contributed by atoms with Crippen LogP contribution in [0.1, 0.15) is 21.3 Å². The maximum atomic E-state index is 12.6. The fourth-order valence-electron chi connectivity index (χ4n) is 2.90. The molecule has 1 aromatic heterocycles. The quantitative estimate of drug-likeness (QED) is 0.924. The van der Waals surface area contributed by atoms with E-state index in [9.17, 15) is 9.59 Å². The molecule has 6 heteroatoms. The molecule has 1 N–H and O–H groups in total. The summed E-state index contributed by atoms with van der Waals surface area (Å²) in [6.07, 6.45) is 3.25. The normalized spacial score (nSPS) is 22.4. The molecule has 0 bridgehead atoms. The molecule has 110 valence electrons. The lowest BCUT2D eigenvalue weighted by Gasteiger charge is -2.22. The average molecular weight is 311 g/mol. The topological polar surface area (TPSA) is 62.3 Å². The van der Waals surface area contributed by atoms with E-state index < -0.39 is 6.04 Å². The summed E-state index contributed by atoms with van der Waals surface area (Å²) < 4.78 is 0. The average Bonchev–Trinajstić information content (AvgIpc) is 3.10. The Labute approximate surface area is 131 Å². The fraction of sp³-hybridized carbons (Fsp3) is 0.188. The molecular weight excluding hydrogens is 298 g/mol. The number of fused-ring (bicyclic) bond motifs is 3. The van der Waals surface area contributed by atoms with Crippen molar-refractivity contribution in [3.8, 4) is 0 Å². The number of pyridine rings is 1. The number of thioether (sulfide) groups is 1. The van der Waals surface area contributed by atoms with E-state index in [-0.39, 0.29) is 17.2 Å². The summed E-state index contributed by atoms with van der Waals surface area (Å²) in [5.41, 5.74) is 2.36. The van der Waals surface area contributed by atoms with E-state index in [1.165, 1.54) is 0 Å². The minimum atomic E-state index is -0.449. The number of amides is 2. The van der Waals surface area contributed by atoms with E-state index in [1.54, 1.807) is 41.2 Å². The molecule has 0 aliphatic carbocycles. The number of rotatable bonds is 2. The lowest BCUT2D eigenvalue weighted by molar-refractivity contribution is -0.119. The van der Waals surface area contributed by atoms with E-state index in [1.807, 2.05) is 24.3 Å². The van der Waals surface area contributed by atoms with Crippen molar-refractivity contribution in [2.24, 2.45) is 0 Å². The Morgan fingerprint density at radius 2 is 2.14 bits per heavy atom. The van der Waals surface area contributed by atoms with Gasteiger partial charge >= 0.3 is 0 Å². The van der Waals surface area contributed by atoms with Crippen LogP contribution in [0.2, 0.25) is 0 Å². The van der Waals surface area contributed by atoms with Crippen molar-refractivity contribution in [1.82, 2.24) is 9.88 Å². The van der Waals surface area contributed by atoms with Gasteiger partial charge in [-0.1, -0.05) is 18.2 Å². The number of nitrogens with one attached hydrogen (secondary N) is 1. The summed E-state index contributed by atoms with van der Waals surface area (Å²) in [6.45, 7) is 0. The number of carbonyl (C=O) groups is 2. The standard InChI is InChI=1S/C16H13N3O2S/c20-14(18-10-4-3-7-17-8-10)13-9-22-16-12-6-2-1-5-11(12)15(21)19(13)16/h1-8,13,16H,9H2,(H,18,20)/t13-,16-/m0/s1. The van der Waals surface area contributed by atoms with Gasteiger partial charge in [0.05, 0.1) is 11.9 Å². The number of nitrogens with zero attached hydrogens (tertiary/aromatic N) is 2. The van der Waals surface area contributed by atoms with Crippen LogP contribution in [-0.4, -0.2) is 33.5 Å². The molecule has 0 unspecified atom stereocenters. The minimum absolute atomic E-state index is 0.0478. The Morgan fingerprint density at radius 1 is 1.27 bits per heavy atom. The van der Waals surface area contributed by atoms with Gasteiger partial charge in [0, 0.05) is 17.5 Å². The highest BCUT2D eigenvalue weighted by molar-refractivity contribution is 7.99. The smallest absolute Gasteiger partial charge is 0.256 e. The zero-order valence-electron chi connectivity index (χ0n) is 11.6. The van der Waals surface area contributed by atoms with Gasteiger partial charge in [-0.3, -0.25) is 14.6 Å². The first kappa shape index (κ1) is 13.3. The van der Waals surface area contributed by atoms with Gasteiger partial charge in [-0.2, -0.15) is 0 Å². The maximum absolute atomic E-state index is 12.6. The largest absolute Gasteiger partial charge is 0.323 e. The van der Waals surface area contributed by atoms with Gasteiger partial charge in [-0.25, -0.2) is 0 Å². The lowest BCUT2D eigenvalue weighted by atomic mass is 10.1. The first-order valence-corrected chi connectivity index (χ1v) is 8.04. The molecule has 22 heavy (non-hydrogen) atoms. The third kappa shape index (κ3) is 1.99. The van der Waals surface area contributed by atoms with Gasteiger partial charge in [-0.15, -0.1) is 11.8 Å². The van der Waals surface area contributed by atoms with Gasteiger partial charge in [0.25, 0.3) is 5.91 Å². The molecule has 2 aromatic rings. The number of hydrogen-bond donors (Lipinski definition) is 1. The second-order valence-corrected chi connectivity index (χ2v) is 6.35. The number of hydrogen-bond acceptors (Lipinski definition) is 4. The van der Waals surface area contributed by atoms with Crippen LogP contribution >= 0.6 is 11.8 Å². The summed E-state index contributed by atoms with van der Waals surface area (Å²) in [4.78, 5) is 30.7. The van der Waals surface area contributed by atoms with E-state index in [0.717, 1.165) is 5.56 Å². The van der Waals surface area contributed by atoms with Crippen LogP contribution in [0.15, 0.2) is 48.8 Å². The second kappa shape index (κ2) is 5.14. The monoisotopic (exact) mass is 311 g/mol. The number of carbonyl (C=O) groups excluding carboxylic acids is 2. The molecule has 4 rings (SSSR count). The lowest BCUT2D eigenvalue weighted by Crippen LogP contribution is -2.42. The molecule has 2 amide bonds. The Balaban J connectivity index is 1.59. The number of benzene rings is 1. The van der Waals surface area contributed by atoms with Crippen LogP contribution in [0, 0.1) is 0 Å². The van der Waals surface area contributed by atoms with E-state index in [2.05, 4.69) is 10.3 Å². The van der Waals surface area contributed by atoms with Gasteiger partial charge in [0.2, 0.25) is 5.91 Å². The van der Waals surface area contributed by atoms with Crippen LogP contribution < -0.4 is 5.32 Å². The third-order valence-corrected chi connectivity index (χ3v) is 5.23. The molecule has 2 aliphatic rings. The van der Waals surface area contributed by atoms with E-state index >= 15 is 0 Å². The zero-order valence-corrected chi connectivity index (χ0v) is 12.4. The summed E-state index contributed by atoms with van der Waals surface area (Å²) in [7, 11) is 0. The highest BCUT2D eigenvalue weighted by atomic mass is 32.2. The van der Waals surface area contributed by atoms with Crippen molar-refractivity contribution in [3.63, 3.8) is 0 Å². The molecule has 5 nitrogen and oxygen atoms in total. The first-order valence-electron chi connectivity index (χ1n) is 7.00. The predicted octanol–water partition coefficient (Wildman–Crippen LogP) is 2.29. The minimum Gasteiger partial charge on any atom is -0.323 e. The highest BCUT2D eigenvalue weighted by Crippen LogP contribution is 2.48. The summed E-state index contributed by atoms with van der Waals surface area (Å²) in [6, 6.07) is 10.7. The number of anilines is 1. The van der Waals surface area contributed by atoms with Crippen molar-refractivity contribution in [2.75, 3.05) is 11.1 Å². The second-order valence-electron chi connectivity index (χ2n) is 5.23. The zero-order chi connectivity index (χ0) is 15.1. The van der Waals surface area contributed by atoms with Gasteiger partial charge in [-0.05, 0) is 23.8 Å². The van der Waals surface area contributed by atoms with Crippen LogP contribution in [-0.2, 0) is 4.79 Å². The van der Waals surface area contributed by atoms with Gasteiger partial charge in [0.1, 0.15) is 11.4 Å². The van der Waals surface area contributed by atoms with Crippen LogP contribution in [0.3, 0.4) is 0 Å². The molecule has 0 saturated carbocycles. The Hall–Kier alpha value is -2.34. The van der Waals surface area contributed by atoms with Crippen molar-refractivity contribution >= 4 is 29.3 Å². The van der Waals surface area contributed by atoms with E-state index in [0.29, 0.717) is 17.0 Å². The maximum Gasteiger partial charge on any atom is 0.256 e. The van der Waals surface area contributed by atoms with Crippen molar-refractivity contribution in [2.45, 2.75) is 11.4 Å². The van der Waals surface area contributed by atoms with Gasteiger partial charge in [0.15, 0.2) is 0 Å². The molecule has 1 fully saturated rings. The Bertz CT molecular complexity index is 750. The summed E-state index contributed by atoms with van der Waals surface area (Å²) in [5.74, 6) is 0.387. The SMILES string of the molecule is O=C(Nc1cccnc1)[C@@H]1CS[C@H]2c3ccccc3C(=O)N12. The van der Waals surface area contributed by atoms with Crippen molar-refractivity contribution in [1.29, 1.82) is 0 Å². The van der Waals surface area contributed by atoms with Crippen LogP contribution in [0.5, 0.6) is 0 Å². The molecule has 0 radical (unpaired) electrons. The first-order chi connectivity index (χ1) is 10.8. The fourth-order valence-corrected chi connectivity index (χ4v) is 4.37. The molecule has 1 saturated heterocycles. The molecule has 1 aromatic carbocycles. The number of aromatic nitrogens is 1. The summed E-state index contributed by atoms with van der Waals surface area (Å²) in [5, 5.41) is 2.79. The predicted molar refractivity (Wildman–Crippen MR) is 84.5 cm³/mol. The highest BCUT2D eigenvalue weighted by Gasteiger charge is 2.48. The van der Waals surface area contributed by atoms with E-state index in [4.69, 9.17) is 0 Å². The van der Waals surface area contributed by atoms with Crippen molar-refractivity contribution < 1.29 is 9.59 Å². The van der Waals surface area contributed by atoms with Gasteiger partial charge < -0.3 is 10.2 Å². The molecule has 3 heterocycles. The molecule has 0 spiro atoms. The molecule has 2 aliphatic heterocycles. The van der Waals surface area contributed by atoms with Crippen LogP contribution in [0.4, 0.5) is 5.69 Å². The van der Waals surface area contributed by atoms with Crippen LogP contribution in [0.25, 0.3) is 0 Å². The third-order valence-electron chi connectivity index (χ3n) is 3.92.